The Kier molecular flexibility index (Phi) is 3.22. The lowest BCUT2D eigenvalue weighted by Gasteiger charge is -2.06. The van der Waals surface area contributed by atoms with E-state index in [2.05, 4.69) is 41.5 Å². The maximum absolute atomic E-state index is 5.73. The molecule has 1 atom stereocenters. The molecule has 1 aliphatic rings. The Labute approximate surface area is 113 Å². The fourth-order valence-corrected chi connectivity index (χ4v) is 2.55. The van der Waals surface area contributed by atoms with Crippen LogP contribution in [0.2, 0.25) is 0 Å². The molecule has 3 rings (SSSR count). The largest absolute Gasteiger partial charge is 0.490 e. The van der Waals surface area contributed by atoms with E-state index in [1.54, 1.807) is 0 Å². The van der Waals surface area contributed by atoms with Crippen LogP contribution in [0.25, 0.3) is 11.1 Å². The standard InChI is InChI=1S/C16H18N2O/c1-11-5-14-7-13(3-4-16(14)19-11)15-6-12(8-17-2)9-18-10-15/h3-4,6-7,9-11,17H,5,8H2,1-2H3. The van der Waals surface area contributed by atoms with Crippen LogP contribution in [0.5, 0.6) is 5.75 Å². The third kappa shape index (κ3) is 2.47. The molecule has 3 nitrogen and oxygen atoms in total. The van der Waals surface area contributed by atoms with Crippen molar-refractivity contribution in [3.05, 3.63) is 47.8 Å². The number of fused-ring (bicyclic) bond motifs is 1. The predicted molar refractivity (Wildman–Crippen MR) is 76.2 cm³/mol. The van der Waals surface area contributed by atoms with Gasteiger partial charge in [0.05, 0.1) is 0 Å². The van der Waals surface area contributed by atoms with Crippen molar-refractivity contribution in [2.45, 2.75) is 26.0 Å². The highest BCUT2D eigenvalue weighted by Gasteiger charge is 2.19. The van der Waals surface area contributed by atoms with Crippen LogP contribution < -0.4 is 10.1 Å². The quantitative estimate of drug-likeness (QED) is 0.914. The Morgan fingerprint density at radius 2 is 2.16 bits per heavy atom. The average molecular weight is 254 g/mol. The van der Waals surface area contributed by atoms with Crippen LogP contribution in [0.15, 0.2) is 36.7 Å². The summed E-state index contributed by atoms with van der Waals surface area (Å²) in [6.45, 7) is 2.95. The molecule has 19 heavy (non-hydrogen) atoms. The molecule has 2 heterocycles. The van der Waals surface area contributed by atoms with Crippen LogP contribution in [0, 0.1) is 0 Å². The fraction of sp³-hybridized carbons (Fsp3) is 0.312. The number of rotatable bonds is 3. The molecule has 3 heteroatoms. The van der Waals surface area contributed by atoms with Gasteiger partial charge in [-0.3, -0.25) is 4.98 Å². The number of ether oxygens (including phenoxy) is 1. The number of aromatic nitrogens is 1. The van der Waals surface area contributed by atoms with Crippen molar-refractivity contribution >= 4 is 0 Å². The first-order chi connectivity index (χ1) is 9.26. The highest BCUT2D eigenvalue weighted by Crippen LogP contribution is 2.32. The lowest BCUT2D eigenvalue weighted by atomic mass is 10.0. The minimum Gasteiger partial charge on any atom is -0.490 e. The maximum Gasteiger partial charge on any atom is 0.123 e. The Morgan fingerprint density at radius 3 is 3.00 bits per heavy atom. The van der Waals surface area contributed by atoms with Gasteiger partial charge >= 0.3 is 0 Å². The molecular weight excluding hydrogens is 236 g/mol. The van der Waals surface area contributed by atoms with Crippen molar-refractivity contribution in [1.29, 1.82) is 0 Å². The van der Waals surface area contributed by atoms with Gasteiger partial charge in [0, 0.05) is 30.9 Å². The zero-order chi connectivity index (χ0) is 13.2. The Morgan fingerprint density at radius 1 is 1.26 bits per heavy atom. The summed E-state index contributed by atoms with van der Waals surface area (Å²) in [5, 5.41) is 3.15. The van der Waals surface area contributed by atoms with Gasteiger partial charge in [0.2, 0.25) is 0 Å². The molecule has 1 N–H and O–H groups in total. The zero-order valence-corrected chi connectivity index (χ0v) is 11.3. The molecule has 98 valence electrons. The number of nitrogens with zero attached hydrogens (tertiary/aromatic N) is 1. The molecule has 0 spiro atoms. The van der Waals surface area contributed by atoms with E-state index in [4.69, 9.17) is 4.74 Å². The Hall–Kier alpha value is -1.87. The molecule has 0 radical (unpaired) electrons. The van der Waals surface area contributed by atoms with Gasteiger partial charge in [0.15, 0.2) is 0 Å². The second-order valence-electron chi connectivity index (χ2n) is 5.07. The van der Waals surface area contributed by atoms with Crippen molar-refractivity contribution < 1.29 is 4.74 Å². The Balaban J connectivity index is 1.94. The van der Waals surface area contributed by atoms with Crippen molar-refractivity contribution in [3.63, 3.8) is 0 Å². The lowest BCUT2D eigenvalue weighted by Crippen LogP contribution is -2.05. The van der Waals surface area contributed by atoms with Crippen LogP contribution in [0.1, 0.15) is 18.1 Å². The number of hydrogen-bond donors (Lipinski definition) is 1. The molecule has 1 aliphatic heterocycles. The topological polar surface area (TPSA) is 34.2 Å². The average Bonchev–Trinajstić information content (AvgIpc) is 2.78. The van der Waals surface area contributed by atoms with E-state index in [-0.39, 0.29) is 0 Å². The van der Waals surface area contributed by atoms with Gasteiger partial charge in [-0.25, -0.2) is 0 Å². The van der Waals surface area contributed by atoms with Gasteiger partial charge in [-0.15, -0.1) is 0 Å². The summed E-state index contributed by atoms with van der Waals surface area (Å²) in [6.07, 6.45) is 5.10. The lowest BCUT2D eigenvalue weighted by molar-refractivity contribution is 0.254. The summed E-state index contributed by atoms with van der Waals surface area (Å²) >= 11 is 0. The second-order valence-corrected chi connectivity index (χ2v) is 5.07. The van der Waals surface area contributed by atoms with E-state index < -0.39 is 0 Å². The minimum absolute atomic E-state index is 0.291. The maximum atomic E-state index is 5.73. The minimum atomic E-state index is 0.291. The van der Waals surface area contributed by atoms with Gasteiger partial charge in [0.25, 0.3) is 0 Å². The van der Waals surface area contributed by atoms with Gasteiger partial charge < -0.3 is 10.1 Å². The number of nitrogens with one attached hydrogen (secondary N) is 1. The van der Waals surface area contributed by atoms with E-state index in [1.165, 1.54) is 16.7 Å². The summed E-state index contributed by atoms with van der Waals surface area (Å²) in [6, 6.07) is 8.58. The molecule has 1 aromatic carbocycles. The van der Waals surface area contributed by atoms with Gasteiger partial charge in [-0.05, 0) is 48.9 Å². The van der Waals surface area contributed by atoms with E-state index in [0.717, 1.165) is 24.3 Å². The van der Waals surface area contributed by atoms with Gasteiger partial charge in [-0.2, -0.15) is 0 Å². The van der Waals surface area contributed by atoms with Crippen molar-refractivity contribution in [3.8, 4) is 16.9 Å². The van der Waals surface area contributed by atoms with Crippen LogP contribution in [0.4, 0.5) is 0 Å². The molecule has 1 unspecified atom stereocenters. The second kappa shape index (κ2) is 5.02. The smallest absolute Gasteiger partial charge is 0.123 e. The Bertz CT molecular complexity index is 595. The number of benzene rings is 1. The highest BCUT2D eigenvalue weighted by atomic mass is 16.5. The third-order valence-electron chi connectivity index (χ3n) is 3.41. The van der Waals surface area contributed by atoms with E-state index in [0.29, 0.717) is 6.10 Å². The van der Waals surface area contributed by atoms with Crippen LogP contribution >= 0.6 is 0 Å². The molecule has 0 saturated heterocycles. The molecule has 0 fully saturated rings. The molecule has 2 aromatic rings. The van der Waals surface area contributed by atoms with Crippen LogP contribution in [-0.2, 0) is 13.0 Å². The third-order valence-corrected chi connectivity index (χ3v) is 3.41. The first-order valence-electron chi connectivity index (χ1n) is 6.65. The number of hydrogen-bond acceptors (Lipinski definition) is 3. The summed E-state index contributed by atoms with van der Waals surface area (Å²) in [7, 11) is 1.95. The number of pyridine rings is 1. The summed E-state index contributed by atoms with van der Waals surface area (Å²) in [4.78, 5) is 4.32. The summed E-state index contributed by atoms with van der Waals surface area (Å²) < 4.78 is 5.73. The van der Waals surface area contributed by atoms with E-state index in [9.17, 15) is 0 Å². The first-order valence-corrected chi connectivity index (χ1v) is 6.65. The molecule has 1 aromatic heterocycles. The van der Waals surface area contributed by atoms with Gasteiger partial charge in [-0.1, -0.05) is 6.07 Å². The van der Waals surface area contributed by atoms with Crippen molar-refractivity contribution in [2.24, 2.45) is 0 Å². The first kappa shape index (κ1) is 12.2. The molecule has 0 amide bonds. The monoisotopic (exact) mass is 254 g/mol. The SMILES string of the molecule is CNCc1cncc(-c2ccc3c(c2)CC(C)O3)c1. The van der Waals surface area contributed by atoms with Crippen molar-refractivity contribution in [1.82, 2.24) is 10.3 Å². The molecular formula is C16H18N2O. The fourth-order valence-electron chi connectivity index (χ4n) is 2.55. The van der Waals surface area contributed by atoms with Crippen LogP contribution in [0.3, 0.4) is 0 Å². The van der Waals surface area contributed by atoms with Gasteiger partial charge in [0.1, 0.15) is 11.9 Å². The summed E-state index contributed by atoms with van der Waals surface area (Å²) in [5.41, 5.74) is 4.87. The van der Waals surface area contributed by atoms with Crippen LogP contribution in [-0.4, -0.2) is 18.1 Å². The highest BCUT2D eigenvalue weighted by molar-refractivity contribution is 5.66. The van der Waals surface area contributed by atoms with E-state index >= 15 is 0 Å². The predicted octanol–water partition coefficient (Wildman–Crippen LogP) is 2.79. The molecule has 0 bridgehead atoms. The summed E-state index contributed by atoms with van der Waals surface area (Å²) in [5.74, 6) is 1.02. The molecule has 0 saturated carbocycles. The van der Waals surface area contributed by atoms with E-state index in [1.807, 2.05) is 19.4 Å². The molecule has 0 aliphatic carbocycles. The zero-order valence-electron chi connectivity index (χ0n) is 11.3. The normalized spacial score (nSPS) is 17.1. The van der Waals surface area contributed by atoms with Crippen molar-refractivity contribution in [2.75, 3.05) is 7.05 Å².